The Bertz CT molecular complexity index is 689. The minimum absolute atomic E-state index is 0.366. The van der Waals surface area contributed by atoms with E-state index in [1.807, 2.05) is 0 Å². The van der Waals surface area contributed by atoms with Crippen molar-refractivity contribution in [2.24, 2.45) is 0 Å². The molecule has 0 aromatic heterocycles. The normalized spacial score (nSPS) is 20.1. The van der Waals surface area contributed by atoms with Gasteiger partial charge in [-0.1, -0.05) is 17.7 Å². The third-order valence-electron chi connectivity index (χ3n) is 3.05. The fourth-order valence-corrected chi connectivity index (χ4v) is 3.04. The Morgan fingerprint density at radius 1 is 1.29 bits per heavy atom. The van der Waals surface area contributed by atoms with Gasteiger partial charge in [-0.25, -0.2) is 0 Å². The molecule has 1 fully saturated rings. The summed E-state index contributed by atoms with van der Waals surface area (Å²) >= 11 is 5.71. The highest BCUT2D eigenvalue weighted by Crippen LogP contribution is 2.42. The molecule has 2 rings (SSSR count). The van der Waals surface area contributed by atoms with Crippen molar-refractivity contribution in [1.82, 2.24) is 0 Å². The van der Waals surface area contributed by atoms with Crippen LogP contribution in [0.2, 0.25) is 5.02 Å². The second-order valence-corrected chi connectivity index (χ2v) is 6.46. The first-order chi connectivity index (χ1) is 9.51. The van der Waals surface area contributed by atoms with Crippen LogP contribution in [0, 0.1) is 0 Å². The minimum atomic E-state index is -5.02. The maximum absolute atomic E-state index is 13.0. The van der Waals surface area contributed by atoms with E-state index in [9.17, 15) is 30.3 Å². The van der Waals surface area contributed by atoms with Crippen molar-refractivity contribution in [3.05, 3.63) is 28.8 Å². The molecule has 1 aromatic rings. The monoisotopic (exact) mass is 345 g/mol. The number of para-hydroxylation sites is 1. The molecule has 1 aliphatic rings. The van der Waals surface area contributed by atoms with Crippen molar-refractivity contribution in [2.75, 3.05) is 11.4 Å². The largest absolute Gasteiger partial charge is 0.418 e. The van der Waals surface area contributed by atoms with E-state index >= 15 is 0 Å². The van der Waals surface area contributed by atoms with Crippen molar-refractivity contribution >= 4 is 33.4 Å². The summed E-state index contributed by atoms with van der Waals surface area (Å²) in [5, 5.41) is -2.06. The van der Waals surface area contributed by atoms with Gasteiger partial charge in [-0.15, -0.1) is 3.89 Å². The lowest BCUT2D eigenvalue weighted by molar-refractivity contribution is -0.137. The Morgan fingerprint density at radius 2 is 1.90 bits per heavy atom. The Labute approximate surface area is 122 Å². The number of benzene rings is 1. The van der Waals surface area contributed by atoms with E-state index in [0.29, 0.717) is 11.0 Å². The summed E-state index contributed by atoms with van der Waals surface area (Å²) < 4.78 is 73.4. The van der Waals surface area contributed by atoms with Gasteiger partial charge >= 0.3 is 16.4 Å². The molecule has 1 aliphatic heterocycles. The number of carbonyl (C=O) groups excluding carboxylic acids is 1. The molecule has 10 heteroatoms. The molecule has 116 valence electrons. The molecule has 0 saturated carbocycles. The molecule has 0 radical (unpaired) electrons. The van der Waals surface area contributed by atoms with Crippen LogP contribution in [0.15, 0.2) is 18.2 Å². The Kier molecular flexibility index (Phi) is 3.92. The molecule has 1 unspecified atom stereocenters. The van der Waals surface area contributed by atoms with Crippen molar-refractivity contribution in [3.8, 4) is 0 Å². The molecule has 21 heavy (non-hydrogen) atoms. The third-order valence-corrected chi connectivity index (χ3v) is 4.47. The van der Waals surface area contributed by atoms with Crippen LogP contribution in [0.4, 0.5) is 22.7 Å². The van der Waals surface area contributed by atoms with Crippen LogP contribution in [0.3, 0.4) is 0 Å². The molecule has 0 aliphatic carbocycles. The molecule has 1 amide bonds. The highest BCUT2D eigenvalue weighted by atomic mass is 35.5. The second kappa shape index (κ2) is 5.13. The van der Waals surface area contributed by atoms with E-state index in [4.69, 9.17) is 11.6 Å². The van der Waals surface area contributed by atoms with Crippen LogP contribution in [0.25, 0.3) is 0 Å². The number of alkyl halides is 3. The zero-order valence-electron chi connectivity index (χ0n) is 10.2. The van der Waals surface area contributed by atoms with Crippen molar-refractivity contribution in [3.63, 3.8) is 0 Å². The van der Waals surface area contributed by atoms with Crippen LogP contribution in [0.5, 0.6) is 0 Å². The SMILES string of the molecule is O=C1CC(S(=O)(=O)F)CN1c1c(Cl)cccc1C(F)(F)F. The molecule has 4 nitrogen and oxygen atoms in total. The number of nitrogens with zero attached hydrogens (tertiary/aromatic N) is 1. The van der Waals surface area contributed by atoms with Gasteiger partial charge in [0.25, 0.3) is 0 Å². The lowest BCUT2D eigenvalue weighted by Crippen LogP contribution is -2.29. The molecule has 1 atom stereocenters. The topological polar surface area (TPSA) is 54.5 Å². The summed E-state index contributed by atoms with van der Waals surface area (Å²) in [4.78, 5) is 12.3. The standard InChI is InChI=1S/C11H8ClF4NO3S/c12-8-3-1-2-7(11(13,14)15)10(8)17-5-6(4-9(17)18)21(16,19)20/h1-3,6H,4-5H2. The maximum Gasteiger partial charge on any atom is 0.418 e. The molecular formula is C11H8ClF4NO3S. The predicted molar refractivity (Wildman–Crippen MR) is 67.2 cm³/mol. The van der Waals surface area contributed by atoms with Gasteiger partial charge in [0.2, 0.25) is 5.91 Å². The Morgan fingerprint density at radius 3 is 2.38 bits per heavy atom. The summed E-state index contributed by atoms with van der Waals surface area (Å²) in [5.41, 5.74) is -1.83. The highest BCUT2D eigenvalue weighted by molar-refractivity contribution is 7.87. The number of hydrogen-bond donors (Lipinski definition) is 0. The first kappa shape index (κ1) is 16.0. The number of rotatable bonds is 2. The maximum atomic E-state index is 13.0. The Balaban J connectivity index is 2.51. The van der Waals surface area contributed by atoms with Gasteiger partial charge in [-0.05, 0) is 12.1 Å². The fraction of sp³-hybridized carbons (Fsp3) is 0.364. The van der Waals surface area contributed by atoms with E-state index in [2.05, 4.69) is 0 Å². The van der Waals surface area contributed by atoms with Gasteiger partial charge in [0.15, 0.2) is 0 Å². The number of anilines is 1. The van der Waals surface area contributed by atoms with Gasteiger partial charge < -0.3 is 4.90 Å². The molecule has 0 N–H and O–H groups in total. The smallest absolute Gasteiger partial charge is 0.309 e. The number of carbonyl (C=O) groups is 1. The zero-order valence-corrected chi connectivity index (χ0v) is 11.8. The number of hydrogen-bond acceptors (Lipinski definition) is 3. The van der Waals surface area contributed by atoms with E-state index < -0.39 is 51.8 Å². The molecule has 0 spiro atoms. The highest BCUT2D eigenvalue weighted by Gasteiger charge is 2.43. The average Bonchev–Trinajstić information content (AvgIpc) is 2.69. The minimum Gasteiger partial charge on any atom is -0.309 e. The van der Waals surface area contributed by atoms with Gasteiger partial charge in [-0.2, -0.15) is 21.6 Å². The lowest BCUT2D eigenvalue weighted by atomic mass is 10.1. The summed E-state index contributed by atoms with van der Waals surface area (Å²) in [5.74, 6) is -0.931. The average molecular weight is 346 g/mol. The van der Waals surface area contributed by atoms with E-state index in [-0.39, 0.29) is 5.02 Å². The van der Waals surface area contributed by atoms with Crippen LogP contribution in [-0.2, 0) is 21.2 Å². The van der Waals surface area contributed by atoms with Crippen molar-refractivity contribution in [1.29, 1.82) is 0 Å². The van der Waals surface area contributed by atoms with Crippen LogP contribution in [-0.4, -0.2) is 26.1 Å². The number of halogens is 5. The zero-order chi connectivity index (χ0) is 16.0. The summed E-state index contributed by atoms with van der Waals surface area (Å²) in [6.07, 6.45) is -5.51. The van der Waals surface area contributed by atoms with Crippen molar-refractivity contribution in [2.45, 2.75) is 17.8 Å². The summed E-state index contributed by atoms with van der Waals surface area (Å²) in [6, 6.07) is 2.90. The van der Waals surface area contributed by atoms with Gasteiger partial charge in [-0.3, -0.25) is 4.79 Å². The predicted octanol–water partition coefficient (Wildman–Crippen LogP) is 2.76. The van der Waals surface area contributed by atoms with Gasteiger partial charge in [0.05, 0.1) is 16.3 Å². The number of amides is 1. The molecule has 0 bridgehead atoms. The summed E-state index contributed by atoms with van der Waals surface area (Å²) in [7, 11) is -5.02. The fourth-order valence-electron chi connectivity index (χ4n) is 2.10. The van der Waals surface area contributed by atoms with Crippen LogP contribution < -0.4 is 4.90 Å². The third kappa shape index (κ3) is 3.13. The first-order valence-corrected chi connectivity index (χ1v) is 7.44. The lowest BCUT2D eigenvalue weighted by Gasteiger charge is -2.22. The van der Waals surface area contributed by atoms with Gasteiger partial charge in [0.1, 0.15) is 5.25 Å². The van der Waals surface area contributed by atoms with E-state index in [1.165, 1.54) is 0 Å². The molecule has 1 heterocycles. The van der Waals surface area contributed by atoms with Crippen LogP contribution in [0.1, 0.15) is 12.0 Å². The quantitative estimate of drug-likeness (QED) is 0.612. The van der Waals surface area contributed by atoms with Crippen LogP contribution >= 0.6 is 11.6 Å². The van der Waals surface area contributed by atoms with E-state index in [0.717, 1.165) is 12.1 Å². The van der Waals surface area contributed by atoms with E-state index in [1.54, 1.807) is 0 Å². The molecule has 1 saturated heterocycles. The van der Waals surface area contributed by atoms with Gasteiger partial charge in [0, 0.05) is 13.0 Å². The summed E-state index contributed by atoms with van der Waals surface area (Å²) in [6.45, 7) is -0.704. The molecular weight excluding hydrogens is 338 g/mol. The first-order valence-electron chi connectivity index (χ1n) is 5.61. The second-order valence-electron chi connectivity index (χ2n) is 4.44. The van der Waals surface area contributed by atoms with Crippen molar-refractivity contribution < 1.29 is 30.3 Å². The Hall–Kier alpha value is -1.35. The molecule has 1 aromatic carbocycles.